The Morgan fingerprint density at radius 1 is 0.958 bits per heavy atom. The van der Waals surface area contributed by atoms with Crippen LogP contribution in [0.15, 0.2) is 54.6 Å². The SMILES string of the molecule is C[C@@H](Oc1ccc(C(C)(C)C)cc1)C(=O)N[C@H](C)c1ccccc1. The molecule has 1 amide bonds. The number of carbonyl (C=O) groups is 1. The first-order valence-electron chi connectivity index (χ1n) is 8.40. The zero-order valence-corrected chi connectivity index (χ0v) is 15.2. The van der Waals surface area contributed by atoms with Crippen molar-refractivity contribution in [1.29, 1.82) is 0 Å². The predicted octanol–water partition coefficient (Wildman–Crippen LogP) is 4.63. The van der Waals surface area contributed by atoms with Gasteiger partial charge in [-0.1, -0.05) is 63.2 Å². The Hall–Kier alpha value is -2.29. The normalized spacial score (nSPS) is 13.9. The number of ether oxygens (including phenoxy) is 1. The summed E-state index contributed by atoms with van der Waals surface area (Å²) in [4.78, 5) is 12.3. The average Bonchev–Trinajstić information content (AvgIpc) is 2.55. The molecule has 0 aliphatic rings. The van der Waals surface area contributed by atoms with Gasteiger partial charge in [0.05, 0.1) is 6.04 Å². The van der Waals surface area contributed by atoms with Gasteiger partial charge in [0, 0.05) is 0 Å². The summed E-state index contributed by atoms with van der Waals surface area (Å²) in [5, 5.41) is 2.99. The second-order valence-corrected chi connectivity index (χ2v) is 7.18. The second-order valence-electron chi connectivity index (χ2n) is 7.18. The molecule has 0 heterocycles. The van der Waals surface area contributed by atoms with Gasteiger partial charge in [0.1, 0.15) is 5.75 Å². The van der Waals surface area contributed by atoms with Gasteiger partial charge in [0.2, 0.25) is 0 Å². The van der Waals surface area contributed by atoms with Gasteiger partial charge >= 0.3 is 0 Å². The summed E-state index contributed by atoms with van der Waals surface area (Å²) in [6.45, 7) is 10.3. The molecule has 3 heteroatoms. The maximum Gasteiger partial charge on any atom is 0.261 e. The fraction of sp³-hybridized carbons (Fsp3) is 0.381. The molecule has 0 spiro atoms. The molecular formula is C21H27NO2. The topological polar surface area (TPSA) is 38.3 Å². The van der Waals surface area contributed by atoms with E-state index in [1.807, 2.05) is 61.5 Å². The van der Waals surface area contributed by atoms with E-state index in [1.165, 1.54) is 5.56 Å². The van der Waals surface area contributed by atoms with Crippen molar-refractivity contribution < 1.29 is 9.53 Å². The monoisotopic (exact) mass is 325 g/mol. The molecule has 0 aliphatic carbocycles. The minimum absolute atomic E-state index is 0.0481. The van der Waals surface area contributed by atoms with Crippen LogP contribution in [0.25, 0.3) is 0 Å². The lowest BCUT2D eigenvalue weighted by molar-refractivity contribution is -0.127. The summed E-state index contributed by atoms with van der Waals surface area (Å²) in [5.74, 6) is 0.587. The maximum atomic E-state index is 12.3. The van der Waals surface area contributed by atoms with Crippen LogP contribution in [0.2, 0.25) is 0 Å². The molecule has 0 saturated carbocycles. The molecule has 0 fully saturated rings. The van der Waals surface area contributed by atoms with E-state index in [2.05, 4.69) is 26.1 Å². The number of nitrogens with one attached hydrogen (secondary N) is 1. The summed E-state index contributed by atoms with van der Waals surface area (Å²) >= 11 is 0. The smallest absolute Gasteiger partial charge is 0.261 e. The first kappa shape index (κ1) is 18.1. The Morgan fingerprint density at radius 3 is 2.08 bits per heavy atom. The standard InChI is InChI=1S/C21H27NO2/c1-15(17-9-7-6-8-10-17)22-20(23)16(2)24-19-13-11-18(12-14-19)21(3,4)5/h6-16H,1-5H3,(H,22,23)/t15-,16-/m1/s1. The minimum atomic E-state index is -0.545. The molecule has 0 unspecified atom stereocenters. The summed E-state index contributed by atoms with van der Waals surface area (Å²) in [5.41, 5.74) is 2.42. The highest BCUT2D eigenvalue weighted by atomic mass is 16.5. The van der Waals surface area contributed by atoms with E-state index < -0.39 is 6.10 Å². The molecule has 0 saturated heterocycles. The Kier molecular flexibility index (Phi) is 5.66. The molecule has 128 valence electrons. The van der Waals surface area contributed by atoms with Crippen molar-refractivity contribution in [3.8, 4) is 5.75 Å². The molecule has 0 radical (unpaired) electrons. The third kappa shape index (κ3) is 4.85. The van der Waals surface area contributed by atoms with Crippen molar-refractivity contribution in [2.24, 2.45) is 0 Å². The van der Waals surface area contributed by atoms with Gasteiger partial charge in [-0.3, -0.25) is 4.79 Å². The molecular weight excluding hydrogens is 298 g/mol. The first-order chi connectivity index (χ1) is 11.3. The van der Waals surface area contributed by atoms with E-state index in [9.17, 15) is 4.79 Å². The van der Waals surface area contributed by atoms with Crippen LogP contribution in [-0.4, -0.2) is 12.0 Å². The molecule has 2 aromatic carbocycles. The van der Waals surface area contributed by atoms with Crippen LogP contribution in [0.5, 0.6) is 5.75 Å². The fourth-order valence-electron chi connectivity index (χ4n) is 2.45. The fourth-order valence-corrected chi connectivity index (χ4v) is 2.45. The molecule has 0 aliphatic heterocycles. The van der Waals surface area contributed by atoms with Crippen molar-refractivity contribution >= 4 is 5.91 Å². The van der Waals surface area contributed by atoms with Crippen molar-refractivity contribution in [3.63, 3.8) is 0 Å². The lowest BCUT2D eigenvalue weighted by Gasteiger charge is -2.21. The third-order valence-corrected chi connectivity index (χ3v) is 4.06. The van der Waals surface area contributed by atoms with Crippen molar-refractivity contribution in [1.82, 2.24) is 5.32 Å². The van der Waals surface area contributed by atoms with Crippen LogP contribution < -0.4 is 10.1 Å². The third-order valence-electron chi connectivity index (χ3n) is 4.06. The van der Waals surface area contributed by atoms with E-state index in [0.717, 1.165) is 5.56 Å². The molecule has 24 heavy (non-hydrogen) atoms. The first-order valence-corrected chi connectivity index (χ1v) is 8.40. The van der Waals surface area contributed by atoms with Crippen LogP contribution >= 0.6 is 0 Å². The van der Waals surface area contributed by atoms with E-state index in [1.54, 1.807) is 6.92 Å². The highest BCUT2D eigenvalue weighted by molar-refractivity contribution is 5.81. The predicted molar refractivity (Wildman–Crippen MR) is 98.2 cm³/mol. The Bertz CT molecular complexity index is 656. The van der Waals surface area contributed by atoms with Gasteiger partial charge in [-0.15, -0.1) is 0 Å². The van der Waals surface area contributed by atoms with Crippen LogP contribution in [0.1, 0.15) is 51.8 Å². The van der Waals surface area contributed by atoms with Gasteiger partial charge in [0.25, 0.3) is 5.91 Å². The maximum absolute atomic E-state index is 12.3. The number of hydrogen-bond acceptors (Lipinski definition) is 2. The summed E-state index contributed by atoms with van der Waals surface area (Å²) in [6, 6.07) is 17.8. The molecule has 2 rings (SSSR count). The molecule has 3 nitrogen and oxygen atoms in total. The number of carbonyl (C=O) groups excluding carboxylic acids is 1. The molecule has 2 aromatic rings. The zero-order valence-electron chi connectivity index (χ0n) is 15.2. The van der Waals surface area contributed by atoms with E-state index in [-0.39, 0.29) is 17.4 Å². The van der Waals surface area contributed by atoms with E-state index in [0.29, 0.717) is 5.75 Å². The van der Waals surface area contributed by atoms with Crippen molar-refractivity contribution in [2.45, 2.75) is 52.2 Å². The van der Waals surface area contributed by atoms with Crippen LogP contribution in [-0.2, 0) is 10.2 Å². The second kappa shape index (κ2) is 7.52. The van der Waals surface area contributed by atoms with Gasteiger partial charge in [-0.2, -0.15) is 0 Å². The number of amides is 1. The van der Waals surface area contributed by atoms with Gasteiger partial charge in [0.15, 0.2) is 6.10 Å². The average molecular weight is 325 g/mol. The highest BCUT2D eigenvalue weighted by Gasteiger charge is 2.18. The number of benzene rings is 2. The van der Waals surface area contributed by atoms with E-state index in [4.69, 9.17) is 4.74 Å². The Balaban J connectivity index is 1.94. The van der Waals surface area contributed by atoms with Crippen molar-refractivity contribution in [3.05, 3.63) is 65.7 Å². The molecule has 2 atom stereocenters. The van der Waals surface area contributed by atoms with Crippen LogP contribution in [0, 0.1) is 0 Å². The lowest BCUT2D eigenvalue weighted by atomic mass is 9.87. The minimum Gasteiger partial charge on any atom is -0.481 e. The summed E-state index contributed by atoms with van der Waals surface area (Å²) < 4.78 is 5.77. The van der Waals surface area contributed by atoms with Crippen molar-refractivity contribution in [2.75, 3.05) is 0 Å². The van der Waals surface area contributed by atoms with Gasteiger partial charge in [-0.05, 0) is 42.5 Å². The van der Waals surface area contributed by atoms with Crippen LogP contribution in [0.4, 0.5) is 0 Å². The summed E-state index contributed by atoms with van der Waals surface area (Å²) in [6.07, 6.45) is -0.545. The van der Waals surface area contributed by atoms with Gasteiger partial charge in [-0.25, -0.2) is 0 Å². The summed E-state index contributed by atoms with van der Waals surface area (Å²) in [7, 11) is 0. The van der Waals surface area contributed by atoms with Crippen LogP contribution in [0.3, 0.4) is 0 Å². The zero-order chi connectivity index (χ0) is 17.7. The number of rotatable bonds is 5. The lowest BCUT2D eigenvalue weighted by Crippen LogP contribution is -2.37. The Morgan fingerprint density at radius 2 is 1.54 bits per heavy atom. The highest BCUT2D eigenvalue weighted by Crippen LogP contribution is 2.24. The van der Waals surface area contributed by atoms with E-state index >= 15 is 0 Å². The Labute approximate surface area is 145 Å². The molecule has 1 N–H and O–H groups in total. The quantitative estimate of drug-likeness (QED) is 0.870. The molecule has 0 bridgehead atoms. The largest absolute Gasteiger partial charge is 0.481 e. The van der Waals surface area contributed by atoms with Gasteiger partial charge < -0.3 is 10.1 Å². The molecule has 0 aromatic heterocycles. The number of hydrogen-bond donors (Lipinski definition) is 1.